The molecule has 0 aromatic heterocycles. The fourth-order valence-corrected chi connectivity index (χ4v) is 7.69. The standard InChI is InChI=1S/C57H102O6/c1-4-7-10-13-16-19-22-24-26-28-30-32-35-38-41-44-47-50-56(59)62-53-54(52-61-55(58)49-46-43-40-37-34-21-18-15-12-9-6-3)63-57(60)51-48-45-42-39-36-33-31-29-27-25-23-20-17-14-11-8-5-2/h24-27,30,32,38,41,54H,4-23,28-29,31,33-37,39-40,42-53H2,1-3H3/b26-24-,27-25-,32-30-,41-38-. The van der Waals surface area contributed by atoms with E-state index < -0.39 is 6.10 Å². The van der Waals surface area contributed by atoms with E-state index in [0.717, 1.165) is 57.8 Å². The molecule has 6 nitrogen and oxygen atoms in total. The van der Waals surface area contributed by atoms with Gasteiger partial charge < -0.3 is 14.2 Å². The summed E-state index contributed by atoms with van der Waals surface area (Å²) in [6.07, 6.45) is 62.4. The molecular weight excluding hydrogens is 781 g/mol. The largest absolute Gasteiger partial charge is 0.462 e. The molecule has 0 amide bonds. The minimum absolute atomic E-state index is 0.0880. The molecule has 0 fully saturated rings. The smallest absolute Gasteiger partial charge is 0.306 e. The normalized spacial score (nSPS) is 12.4. The van der Waals surface area contributed by atoms with Crippen LogP contribution in [0.2, 0.25) is 0 Å². The number of hydrogen-bond donors (Lipinski definition) is 0. The van der Waals surface area contributed by atoms with Crippen LogP contribution in [0.5, 0.6) is 0 Å². The lowest BCUT2D eigenvalue weighted by molar-refractivity contribution is -0.167. The van der Waals surface area contributed by atoms with Gasteiger partial charge in [-0.3, -0.25) is 14.4 Å². The van der Waals surface area contributed by atoms with Crippen LogP contribution in [-0.4, -0.2) is 37.2 Å². The van der Waals surface area contributed by atoms with Crippen molar-refractivity contribution >= 4 is 17.9 Å². The Morgan fingerprint density at radius 1 is 0.317 bits per heavy atom. The Hall–Kier alpha value is -2.63. The molecule has 0 aliphatic heterocycles. The van der Waals surface area contributed by atoms with E-state index in [1.807, 2.05) is 0 Å². The Labute approximate surface area is 390 Å². The number of esters is 3. The molecule has 0 radical (unpaired) electrons. The molecule has 0 saturated carbocycles. The van der Waals surface area contributed by atoms with Crippen LogP contribution >= 0.6 is 0 Å². The first kappa shape index (κ1) is 60.4. The third-order valence-corrected chi connectivity index (χ3v) is 11.8. The summed E-state index contributed by atoms with van der Waals surface area (Å²) < 4.78 is 16.8. The van der Waals surface area contributed by atoms with Gasteiger partial charge in [0.15, 0.2) is 6.10 Å². The Balaban J connectivity index is 4.42. The van der Waals surface area contributed by atoms with Crippen LogP contribution in [0.25, 0.3) is 0 Å². The second kappa shape index (κ2) is 52.0. The van der Waals surface area contributed by atoms with Gasteiger partial charge in [-0.05, 0) is 77.0 Å². The highest BCUT2D eigenvalue weighted by atomic mass is 16.6. The number of allylic oxidation sites excluding steroid dienone is 8. The third kappa shape index (κ3) is 50.2. The molecule has 1 atom stereocenters. The number of carbonyl (C=O) groups excluding carboxylic acids is 3. The van der Waals surface area contributed by atoms with Gasteiger partial charge in [0.25, 0.3) is 0 Å². The molecule has 366 valence electrons. The van der Waals surface area contributed by atoms with E-state index in [9.17, 15) is 14.4 Å². The van der Waals surface area contributed by atoms with Gasteiger partial charge in [-0.25, -0.2) is 0 Å². The summed E-state index contributed by atoms with van der Waals surface area (Å²) in [7, 11) is 0. The topological polar surface area (TPSA) is 78.9 Å². The van der Waals surface area contributed by atoms with Crippen LogP contribution in [0.1, 0.15) is 278 Å². The predicted octanol–water partition coefficient (Wildman–Crippen LogP) is 17.9. The van der Waals surface area contributed by atoms with Crippen LogP contribution in [0.15, 0.2) is 48.6 Å². The molecule has 0 heterocycles. The van der Waals surface area contributed by atoms with Gasteiger partial charge in [-0.1, -0.05) is 230 Å². The van der Waals surface area contributed by atoms with E-state index in [1.54, 1.807) is 0 Å². The first-order valence-corrected chi connectivity index (χ1v) is 27.1. The number of rotatable bonds is 49. The molecule has 0 bridgehead atoms. The summed E-state index contributed by atoms with van der Waals surface area (Å²) in [6, 6.07) is 0. The van der Waals surface area contributed by atoms with Gasteiger partial charge in [-0.2, -0.15) is 0 Å². The summed E-state index contributed by atoms with van der Waals surface area (Å²) in [4.78, 5) is 38.0. The van der Waals surface area contributed by atoms with Crippen molar-refractivity contribution in [2.45, 2.75) is 284 Å². The Bertz CT molecular complexity index is 1110. The summed E-state index contributed by atoms with van der Waals surface area (Å²) in [5.74, 6) is -0.939. The zero-order chi connectivity index (χ0) is 45.8. The summed E-state index contributed by atoms with van der Waals surface area (Å²) in [5.41, 5.74) is 0. The maximum atomic E-state index is 12.8. The monoisotopic (exact) mass is 883 g/mol. The van der Waals surface area contributed by atoms with Gasteiger partial charge >= 0.3 is 17.9 Å². The molecule has 0 aromatic carbocycles. The van der Waals surface area contributed by atoms with E-state index in [1.165, 1.54) is 173 Å². The van der Waals surface area contributed by atoms with Crippen LogP contribution in [0, 0.1) is 0 Å². The average Bonchev–Trinajstić information content (AvgIpc) is 3.28. The van der Waals surface area contributed by atoms with Crippen LogP contribution in [0.3, 0.4) is 0 Å². The van der Waals surface area contributed by atoms with Crippen LogP contribution in [0.4, 0.5) is 0 Å². The Morgan fingerprint density at radius 2 is 0.587 bits per heavy atom. The second-order valence-electron chi connectivity index (χ2n) is 18.1. The fraction of sp³-hybridized carbons (Fsp3) is 0.807. The van der Waals surface area contributed by atoms with Crippen LogP contribution < -0.4 is 0 Å². The first-order valence-electron chi connectivity index (χ1n) is 27.1. The van der Waals surface area contributed by atoms with Gasteiger partial charge in [0.2, 0.25) is 0 Å². The highest BCUT2D eigenvalue weighted by Gasteiger charge is 2.19. The molecule has 0 aromatic rings. The van der Waals surface area contributed by atoms with Crippen molar-refractivity contribution in [3.05, 3.63) is 48.6 Å². The van der Waals surface area contributed by atoms with Crippen molar-refractivity contribution in [1.29, 1.82) is 0 Å². The highest BCUT2D eigenvalue weighted by molar-refractivity contribution is 5.71. The average molecular weight is 883 g/mol. The second-order valence-corrected chi connectivity index (χ2v) is 18.1. The maximum Gasteiger partial charge on any atom is 0.306 e. The lowest BCUT2D eigenvalue weighted by atomic mass is 10.1. The van der Waals surface area contributed by atoms with E-state index in [2.05, 4.69) is 69.4 Å². The third-order valence-electron chi connectivity index (χ3n) is 11.8. The zero-order valence-electron chi connectivity index (χ0n) is 41.8. The Kier molecular flexibility index (Phi) is 49.8. The van der Waals surface area contributed by atoms with Crippen molar-refractivity contribution in [1.82, 2.24) is 0 Å². The molecule has 1 unspecified atom stereocenters. The summed E-state index contributed by atoms with van der Waals surface area (Å²) in [5, 5.41) is 0. The molecule has 6 heteroatoms. The summed E-state index contributed by atoms with van der Waals surface area (Å²) in [6.45, 7) is 6.59. The van der Waals surface area contributed by atoms with E-state index in [-0.39, 0.29) is 31.1 Å². The highest BCUT2D eigenvalue weighted by Crippen LogP contribution is 2.15. The number of hydrogen-bond acceptors (Lipinski definition) is 6. The van der Waals surface area contributed by atoms with Crippen LogP contribution in [-0.2, 0) is 28.6 Å². The molecule has 63 heavy (non-hydrogen) atoms. The number of carbonyl (C=O) groups is 3. The van der Waals surface area contributed by atoms with Crippen molar-refractivity contribution < 1.29 is 28.6 Å². The molecule has 0 aliphatic rings. The number of unbranched alkanes of at least 4 members (excludes halogenated alkanes) is 30. The van der Waals surface area contributed by atoms with Gasteiger partial charge in [0, 0.05) is 19.3 Å². The SMILES string of the molecule is CCCCCCCC/C=C\C/C=C\C/C=C\CCCC(=O)OCC(COC(=O)CCCCCCCCCCCCC)OC(=O)CCCCCCCCC/C=C\CCCCCCCC. The maximum absolute atomic E-state index is 12.8. The molecule has 0 N–H and O–H groups in total. The van der Waals surface area contributed by atoms with E-state index in [4.69, 9.17) is 14.2 Å². The van der Waals surface area contributed by atoms with Crippen molar-refractivity contribution in [3.8, 4) is 0 Å². The summed E-state index contributed by atoms with van der Waals surface area (Å²) >= 11 is 0. The lowest BCUT2D eigenvalue weighted by Crippen LogP contribution is -2.30. The van der Waals surface area contributed by atoms with E-state index in [0.29, 0.717) is 25.7 Å². The first-order chi connectivity index (χ1) is 31.0. The molecular formula is C57H102O6. The lowest BCUT2D eigenvalue weighted by Gasteiger charge is -2.18. The van der Waals surface area contributed by atoms with Crippen molar-refractivity contribution in [2.24, 2.45) is 0 Å². The van der Waals surface area contributed by atoms with Crippen molar-refractivity contribution in [3.63, 3.8) is 0 Å². The molecule has 0 spiro atoms. The zero-order valence-corrected chi connectivity index (χ0v) is 41.8. The molecule has 0 saturated heterocycles. The van der Waals surface area contributed by atoms with Gasteiger partial charge in [0.1, 0.15) is 13.2 Å². The predicted molar refractivity (Wildman–Crippen MR) is 270 cm³/mol. The Morgan fingerprint density at radius 3 is 0.968 bits per heavy atom. The van der Waals surface area contributed by atoms with Gasteiger partial charge in [-0.15, -0.1) is 0 Å². The number of ether oxygens (including phenoxy) is 3. The quantitative estimate of drug-likeness (QED) is 0.0262. The minimum atomic E-state index is -0.792. The fourth-order valence-electron chi connectivity index (χ4n) is 7.69. The van der Waals surface area contributed by atoms with Gasteiger partial charge in [0.05, 0.1) is 0 Å². The molecule has 0 aliphatic carbocycles. The van der Waals surface area contributed by atoms with E-state index >= 15 is 0 Å². The molecule has 0 rings (SSSR count). The minimum Gasteiger partial charge on any atom is -0.462 e. The van der Waals surface area contributed by atoms with Crippen molar-refractivity contribution in [2.75, 3.05) is 13.2 Å².